The molecule has 4 rings (SSSR count). The molecule has 0 bridgehead atoms. The Balaban J connectivity index is 1.74. The highest BCUT2D eigenvalue weighted by molar-refractivity contribution is 7.93. The number of sulfonamides is 1. The molecular weight excluding hydrogens is 488 g/mol. The van der Waals surface area contributed by atoms with Gasteiger partial charge in [-0.05, 0) is 6.92 Å². The summed E-state index contributed by atoms with van der Waals surface area (Å²) < 4.78 is 46.8. The second-order valence-corrected chi connectivity index (χ2v) is 10.1. The number of hydrogen-bond acceptors (Lipinski definition) is 11. The molecule has 1 N–H and O–H groups in total. The minimum Gasteiger partial charge on any atom is -0.479 e. The first kappa shape index (κ1) is 24.0. The molecule has 0 radical (unpaired) electrons. The molecule has 0 aromatic carbocycles. The average molecular weight is 511 g/mol. The van der Waals surface area contributed by atoms with E-state index in [2.05, 4.69) is 34.9 Å². The summed E-state index contributed by atoms with van der Waals surface area (Å²) in [6.07, 6.45) is 4.12. The minimum absolute atomic E-state index is 0.0654. The van der Waals surface area contributed by atoms with Crippen molar-refractivity contribution in [3.8, 4) is 17.4 Å². The van der Waals surface area contributed by atoms with Gasteiger partial charge in [-0.1, -0.05) is 18.5 Å². The fraction of sp³-hybridized carbons (Fsp3) is 0.474. The van der Waals surface area contributed by atoms with Gasteiger partial charge in [0.05, 0.1) is 43.6 Å². The number of nitrogens with zero attached hydrogens (tertiary/aromatic N) is 7. The molecule has 3 aromatic rings. The van der Waals surface area contributed by atoms with Gasteiger partial charge in [-0.25, -0.2) is 18.4 Å². The predicted molar refractivity (Wildman–Crippen MR) is 121 cm³/mol. The summed E-state index contributed by atoms with van der Waals surface area (Å²) in [6, 6.07) is 0. The molecule has 1 aliphatic rings. The van der Waals surface area contributed by atoms with Crippen LogP contribution < -0.4 is 14.2 Å². The van der Waals surface area contributed by atoms with Crippen LogP contribution in [-0.4, -0.2) is 75.8 Å². The summed E-state index contributed by atoms with van der Waals surface area (Å²) in [7, 11) is -1.12. The fourth-order valence-electron chi connectivity index (χ4n) is 3.33. The highest BCUT2D eigenvalue weighted by Gasteiger charge is 2.35. The Morgan fingerprint density at radius 2 is 1.71 bits per heavy atom. The van der Waals surface area contributed by atoms with Crippen molar-refractivity contribution in [2.45, 2.75) is 30.9 Å². The van der Waals surface area contributed by atoms with Crippen molar-refractivity contribution in [3.63, 3.8) is 0 Å². The van der Waals surface area contributed by atoms with E-state index in [1.807, 2.05) is 0 Å². The van der Waals surface area contributed by atoms with Gasteiger partial charge >= 0.3 is 0 Å². The van der Waals surface area contributed by atoms with Gasteiger partial charge in [0.2, 0.25) is 27.7 Å². The topological polar surface area (TPSA) is 156 Å². The molecule has 13 nitrogen and oxygen atoms in total. The Labute approximate surface area is 200 Å². The van der Waals surface area contributed by atoms with Gasteiger partial charge in [-0.3, -0.25) is 9.29 Å². The van der Waals surface area contributed by atoms with Crippen molar-refractivity contribution < 1.29 is 22.6 Å². The summed E-state index contributed by atoms with van der Waals surface area (Å²) in [5, 5.41) is 7.76. The maximum atomic E-state index is 13.3. The molecule has 0 saturated carbocycles. The molecule has 0 spiro atoms. The molecule has 182 valence electrons. The first-order valence-corrected chi connectivity index (χ1v) is 12.1. The number of aromatic nitrogens is 7. The highest BCUT2D eigenvalue weighted by atomic mass is 35.5. The molecule has 0 amide bonds. The molecule has 4 heterocycles. The van der Waals surface area contributed by atoms with Gasteiger partial charge in [0.25, 0.3) is 0 Å². The van der Waals surface area contributed by atoms with Crippen LogP contribution >= 0.6 is 11.6 Å². The molecular formula is C19H23ClN8O5S. The van der Waals surface area contributed by atoms with Crippen LogP contribution in [0.4, 0.5) is 5.95 Å². The zero-order valence-corrected chi connectivity index (χ0v) is 20.4. The number of methoxy groups -OCH3 is 2. The predicted octanol–water partition coefficient (Wildman–Crippen LogP) is 1.57. The van der Waals surface area contributed by atoms with Crippen LogP contribution in [0.25, 0.3) is 5.69 Å². The third-order valence-electron chi connectivity index (χ3n) is 5.53. The average Bonchev–Trinajstić information content (AvgIpc) is 3.18. The van der Waals surface area contributed by atoms with E-state index in [4.69, 9.17) is 25.8 Å². The van der Waals surface area contributed by atoms with Crippen molar-refractivity contribution in [1.29, 1.82) is 0 Å². The molecule has 1 fully saturated rings. The number of nitrogens with one attached hydrogen (secondary N) is 1. The lowest BCUT2D eigenvalue weighted by Crippen LogP contribution is -2.32. The largest absolute Gasteiger partial charge is 0.479 e. The van der Waals surface area contributed by atoms with Gasteiger partial charge in [0.1, 0.15) is 18.0 Å². The Morgan fingerprint density at radius 1 is 1.09 bits per heavy atom. The summed E-state index contributed by atoms with van der Waals surface area (Å²) in [5.41, 5.74) is 0.263. The van der Waals surface area contributed by atoms with Crippen LogP contribution in [0, 0.1) is 0 Å². The maximum absolute atomic E-state index is 13.3. The molecule has 3 aromatic heterocycles. The van der Waals surface area contributed by atoms with E-state index in [1.54, 1.807) is 13.8 Å². The van der Waals surface area contributed by atoms with Gasteiger partial charge in [0, 0.05) is 18.3 Å². The number of rotatable bonds is 9. The summed E-state index contributed by atoms with van der Waals surface area (Å²) >= 11 is 5.85. The van der Waals surface area contributed by atoms with E-state index in [1.165, 1.54) is 37.5 Å². The summed E-state index contributed by atoms with van der Waals surface area (Å²) in [5.74, 6) is 0.389. The normalized spacial score (nSPS) is 15.9. The number of ether oxygens (including phenoxy) is 3. The first-order valence-electron chi connectivity index (χ1n) is 10.2. The van der Waals surface area contributed by atoms with E-state index in [-0.39, 0.29) is 29.3 Å². The SMILES string of the molecule is COc1ncnc(OC)c1-n1c(NS(=O)(=O)C(C)C(C)c2ncc(Cl)cn2)nnc1C1COC1. The number of anilines is 1. The minimum atomic E-state index is -3.98. The zero-order valence-electron chi connectivity index (χ0n) is 18.8. The van der Waals surface area contributed by atoms with Gasteiger partial charge in [-0.15, -0.1) is 10.2 Å². The standard InChI is InChI=1S/C19H23ClN8O5S/c1-10(15-21-5-13(20)6-22-15)11(2)34(29,30)27-19-26-25-16(12-7-33-8-12)28(19)14-17(31-3)23-9-24-18(14)32-4/h5-6,9-12H,7-8H2,1-4H3,(H,26,27). The molecule has 1 aliphatic heterocycles. The van der Waals surface area contributed by atoms with Crippen LogP contribution in [0.1, 0.15) is 37.3 Å². The van der Waals surface area contributed by atoms with Gasteiger partial charge in [-0.2, -0.15) is 9.97 Å². The summed E-state index contributed by atoms with van der Waals surface area (Å²) in [4.78, 5) is 16.5. The van der Waals surface area contributed by atoms with E-state index in [0.717, 1.165) is 0 Å². The first-order chi connectivity index (χ1) is 16.3. The Hall–Kier alpha value is -3.10. The van der Waals surface area contributed by atoms with Crippen molar-refractivity contribution in [2.24, 2.45) is 0 Å². The lowest BCUT2D eigenvalue weighted by molar-refractivity contribution is 0.00414. The molecule has 2 atom stereocenters. The van der Waals surface area contributed by atoms with E-state index in [0.29, 0.717) is 29.9 Å². The second-order valence-electron chi connectivity index (χ2n) is 7.59. The van der Waals surface area contributed by atoms with E-state index < -0.39 is 21.2 Å². The second kappa shape index (κ2) is 9.64. The van der Waals surface area contributed by atoms with Crippen LogP contribution in [0.3, 0.4) is 0 Å². The van der Waals surface area contributed by atoms with Gasteiger partial charge < -0.3 is 14.2 Å². The Kier molecular flexibility index (Phi) is 6.81. The smallest absolute Gasteiger partial charge is 0.245 e. The fourth-order valence-corrected chi connectivity index (χ4v) is 4.66. The van der Waals surface area contributed by atoms with Crippen molar-refractivity contribution >= 4 is 27.6 Å². The zero-order chi connectivity index (χ0) is 24.5. The number of hydrogen-bond donors (Lipinski definition) is 1. The highest BCUT2D eigenvalue weighted by Crippen LogP contribution is 2.36. The molecule has 1 saturated heterocycles. The third kappa shape index (κ3) is 4.48. The van der Waals surface area contributed by atoms with Crippen LogP contribution in [0.15, 0.2) is 18.7 Å². The maximum Gasteiger partial charge on any atom is 0.245 e. The van der Waals surface area contributed by atoms with Crippen LogP contribution in [0.5, 0.6) is 11.8 Å². The Bertz CT molecular complexity index is 1240. The molecule has 2 unspecified atom stereocenters. The van der Waals surface area contributed by atoms with Crippen LogP contribution in [0.2, 0.25) is 5.02 Å². The van der Waals surface area contributed by atoms with Crippen molar-refractivity contribution in [1.82, 2.24) is 34.7 Å². The Morgan fingerprint density at radius 3 is 2.24 bits per heavy atom. The molecule has 0 aliphatic carbocycles. The van der Waals surface area contributed by atoms with E-state index >= 15 is 0 Å². The van der Waals surface area contributed by atoms with Crippen LogP contribution in [-0.2, 0) is 14.8 Å². The molecule has 15 heteroatoms. The third-order valence-corrected chi connectivity index (χ3v) is 7.58. The van der Waals surface area contributed by atoms with Crippen molar-refractivity contribution in [2.75, 3.05) is 32.2 Å². The van der Waals surface area contributed by atoms with E-state index in [9.17, 15) is 8.42 Å². The van der Waals surface area contributed by atoms with Gasteiger partial charge in [0.15, 0.2) is 5.69 Å². The lowest BCUT2D eigenvalue weighted by atomic mass is 10.1. The monoisotopic (exact) mass is 510 g/mol. The number of halogens is 1. The van der Waals surface area contributed by atoms with Crippen molar-refractivity contribution in [3.05, 3.63) is 35.4 Å². The quantitative estimate of drug-likeness (QED) is 0.445. The summed E-state index contributed by atoms with van der Waals surface area (Å²) in [6.45, 7) is 4.08. The lowest BCUT2D eigenvalue weighted by Gasteiger charge is -2.26. The molecule has 34 heavy (non-hydrogen) atoms.